The van der Waals surface area contributed by atoms with Crippen molar-refractivity contribution in [3.05, 3.63) is 11.4 Å². The van der Waals surface area contributed by atoms with Crippen LogP contribution in [0.4, 0.5) is 5.69 Å². The van der Waals surface area contributed by atoms with E-state index in [0.29, 0.717) is 24.5 Å². The van der Waals surface area contributed by atoms with Crippen LogP contribution in [0.1, 0.15) is 35.9 Å². The van der Waals surface area contributed by atoms with Gasteiger partial charge in [0.25, 0.3) is 5.91 Å². The van der Waals surface area contributed by atoms with Crippen molar-refractivity contribution < 1.29 is 9.53 Å². The van der Waals surface area contributed by atoms with Gasteiger partial charge in [0, 0.05) is 13.1 Å². The van der Waals surface area contributed by atoms with E-state index < -0.39 is 0 Å². The maximum Gasteiger partial charge on any atom is 0.276 e. The number of aromatic amines is 1. The number of rotatable bonds is 2. The van der Waals surface area contributed by atoms with E-state index >= 15 is 0 Å². The molecule has 6 heteroatoms. The minimum atomic E-state index is -0.0800. The fourth-order valence-electron chi connectivity index (χ4n) is 2.75. The summed E-state index contributed by atoms with van der Waals surface area (Å²) in [5.74, 6) is -0.0800. The molecule has 2 atom stereocenters. The Kier molecular flexibility index (Phi) is 2.74. The van der Waals surface area contributed by atoms with Crippen LogP contribution in [0.2, 0.25) is 0 Å². The molecule has 1 aromatic rings. The number of nitrogens with two attached hydrogens (primary N) is 1. The summed E-state index contributed by atoms with van der Waals surface area (Å²) in [6.07, 6.45) is 3.23. The van der Waals surface area contributed by atoms with Crippen LogP contribution in [0.15, 0.2) is 0 Å². The van der Waals surface area contributed by atoms with Gasteiger partial charge in [-0.15, -0.1) is 0 Å². The van der Waals surface area contributed by atoms with Crippen molar-refractivity contribution in [2.75, 3.05) is 18.8 Å². The summed E-state index contributed by atoms with van der Waals surface area (Å²) in [4.78, 5) is 14.2. The Morgan fingerprint density at radius 2 is 2.17 bits per heavy atom. The van der Waals surface area contributed by atoms with Gasteiger partial charge in [-0.3, -0.25) is 9.89 Å². The number of nitrogens with one attached hydrogen (secondary N) is 1. The third kappa shape index (κ3) is 1.77. The molecule has 6 nitrogen and oxygen atoms in total. The first-order valence-corrected chi connectivity index (χ1v) is 6.46. The molecular formula is C12H18N4O2. The van der Waals surface area contributed by atoms with Gasteiger partial charge in [-0.05, 0) is 19.3 Å². The van der Waals surface area contributed by atoms with E-state index in [-0.39, 0.29) is 18.1 Å². The Balaban J connectivity index is 1.79. The molecule has 0 aliphatic carbocycles. The van der Waals surface area contributed by atoms with Crippen LogP contribution in [0, 0.1) is 0 Å². The smallest absolute Gasteiger partial charge is 0.276 e. The van der Waals surface area contributed by atoms with Gasteiger partial charge in [-0.25, -0.2) is 0 Å². The number of anilines is 1. The molecule has 3 N–H and O–H groups in total. The third-order valence-corrected chi connectivity index (χ3v) is 3.77. The van der Waals surface area contributed by atoms with Crippen molar-refractivity contribution in [2.45, 2.75) is 38.4 Å². The second-order valence-corrected chi connectivity index (χ2v) is 4.99. The number of hydrogen-bond acceptors (Lipinski definition) is 4. The largest absolute Gasteiger partial charge is 0.395 e. The summed E-state index contributed by atoms with van der Waals surface area (Å²) >= 11 is 0. The average Bonchev–Trinajstić information content (AvgIpc) is 2.91. The number of nitrogen functional groups attached to an aromatic ring is 1. The summed E-state index contributed by atoms with van der Waals surface area (Å²) in [7, 11) is 0. The maximum absolute atomic E-state index is 12.4. The molecule has 3 rings (SSSR count). The summed E-state index contributed by atoms with van der Waals surface area (Å²) in [5, 5.41) is 6.88. The number of aryl methyl sites for hydroxylation is 1. The van der Waals surface area contributed by atoms with Gasteiger partial charge in [-0.1, -0.05) is 6.92 Å². The van der Waals surface area contributed by atoms with Crippen LogP contribution in [0.5, 0.6) is 0 Å². The number of aromatic nitrogens is 2. The molecule has 1 aromatic heterocycles. The number of nitrogens with zero attached hydrogens (tertiary/aromatic N) is 2. The molecule has 0 saturated carbocycles. The number of carbonyl (C=O) groups is 1. The number of carbonyl (C=O) groups excluding carboxylic acids is 1. The molecular weight excluding hydrogens is 232 g/mol. The Morgan fingerprint density at radius 1 is 1.50 bits per heavy atom. The first-order valence-electron chi connectivity index (χ1n) is 6.46. The number of fused-ring (bicyclic) bond motifs is 2. The molecule has 18 heavy (non-hydrogen) atoms. The van der Waals surface area contributed by atoms with E-state index in [1.165, 1.54) is 0 Å². The molecule has 1 amide bonds. The van der Waals surface area contributed by atoms with Crippen molar-refractivity contribution >= 4 is 11.6 Å². The van der Waals surface area contributed by atoms with E-state index in [1.807, 2.05) is 11.8 Å². The highest BCUT2D eigenvalue weighted by Gasteiger charge is 2.37. The lowest BCUT2D eigenvalue weighted by Gasteiger charge is -2.31. The molecule has 3 heterocycles. The van der Waals surface area contributed by atoms with E-state index in [1.54, 1.807) is 0 Å². The highest BCUT2D eigenvalue weighted by Crippen LogP contribution is 2.27. The van der Waals surface area contributed by atoms with Crippen molar-refractivity contribution in [1.29, 1.82) is 0 Å². The highest BCUT2D eigenvalue weighted by atomic mass is 16.5. The monoisotopic (exact) mass is 250 g/mol. The second-order valence-electron chi connectivity index (χ2n) is 4.99. The second kappa shape index (κ2) is 4.28. The minimum Gasteiger partial charge on any atom is -0.395 e. The summed E-state index contributed by atoms with van der Waals surface area (Å²) < 4.78 is 5.72. The SMILES string of the molecule is CCc1[nH]nc(C(=O)N2CC3CCC(C2)O3)c1N. The van der Waals surface area contributed by atoms with Gasteiger partial charge in [0.2, 0.25) is 0 Å². The predicted octanol–water partition coefficient (Wildman–Crippen LogP) is 0.558. The van der Waals surface area contributed by atoms with E-state index in [0.717, 1.165) is 25.0 Å². The zero-order chi connectivity index (χ0) is 12.7. The van der Waals surface area contributed by atoms with Crippen molar-refractivity contribution in [2.24, 2.45) is 0 Å². The molecule has 2 saturated heterocycles. The Bertz CT molecular complexity index is 459. The van der Waals surface area contributed by atoms with Crippen molar-refractivity contribution in [3.8, 4) is 0 Å². The predicted molar refractivity (Wildman–Crippen MR) is 66.2 cm³/mol. The number of likely N-dealkylation sites (tertiary alicyclic amines) is 1. The topological polar surface area (TPSA) is 84.2 Å². The molecule has 2 aliphatic heterocycles. The molecule has 2 bridgehead atoms. The number of amides is 1. The lowest BCUT2D eigenvalue weighted by Crippen LogP contribution is -2.46. The summed E-state index contributed by atoms with van der Waals surface area (Å²) in [5.41, 5.74) is 7.60. The average molecular weight is 250 g/mol. The molecule has 2 aliphatic rings. The number of morpholine rings is 1. The van der Waals surface area contributed by atoms with Gasteiger partial charge in [0.15, 0.2) is 5.69 Å². The Labute approximate surface area is 105 Å². The van der Waals surface area contributed by atoms with Gasteiger partial charge in [0.05, 0.1) is 23.6 Å². The van der Waals surface area contributed by atoms with Gasteiger partial charge < -0.3 is 15.4 Å². The highest BCUT2D eigenvalue weighted by molar-refractivity contribution is 5.97. The molecule has 98 valence electrons. The van der Waals surface area contributed by atoms with Crippen LogP contribution < -0.4 is 5.73 Å². The maximum atomic E-state index is 12.4. The summed E-state index contributed by atoms with van der Waals surface area (Å²) in [6.45, 7) is 3.29. The Morgan fingerprint density at radius 3 is 2.72 bits per heavy atom. The van der Waals surface area contributed by atoms with Gasteiger partial charge in [0.1, 0.15) is 0 Å². The first kappa shape index (κ1) is 11.5. The Hall–Kier alpha value is -1.56. The van der Waals surface area contributed by atoms with E-state index in [9.17, 15) is 4.79 Å². The number of hydrogen-bond donors (Lipinski definition) is 2. The first-order chi connectivity index (χ1) is 8.69. The fraction of sp³-hybridized carbons (Fsp3) is 0.667. The quantitative estimate of drug-likeness (QED) is 0.803. The standard InChI is InChI=1S/C12H18N4O2/c1-2-9-10(13)11(15-14-9)12(17)16-5-7-3-4-8(6-16)18-7/h7-8H,2-6,13H2,1H3,(H,14,15). The molecule has 0 radical (unpaired) electrons. The number of H-pyrrole nitrogens is 1. The normalized spacial score (nSPS) is 26.6. The van der Waals surface area contributed by atoms with E-state index in [4.69, 9.17) is 10.5 Å². The van der Waals surface area contributed by atoms with Crippen LogP contribution in [-0.2, 0) is 11.2 Å². The molecule has 0 aromatic carbocycles. The number of ether oxygens (including phenoxy) is 1. The lowest BCUT2D eigenvalue weighted by atomic mass is 10.2. The third-order valence-electron chi connectivity index (χ3n) is 3.77. The molecule has 2 unspecified atom stereocenters. The fourth-order valence-corrected chi connectivity index (χ4v) is 2.75. The summed E-state index contributed by atoms with van der Waals surface area (Å²) in [6, 6.07) is 0. The molecule has 0 spiro atoms. The van der Waals surface area contributed by atoms with Crippen LogP contribution in [0.3, 0.4) is 0 Å². The van der Waals surface area contributed by atoms with Crippen molar-refractivity contribution in [1.82, 2.24) is 15.1 Å². The van der Waals surface area contributed by atoms with Crippen LogP contribution in [0.25, 0.3) is 0 Å². The van der Waals surface area contributed by atoms with Crippen LogP contribution in [-0.4, -0.2) is 46.3 Å². The zero-order valence-electron chi connectivity index (χ0n) is 10.5. The molecule has 2 fully saturated rings. The van der Waals surface area contributed by atoms with E-state index in [2.05, 4.69) is 10.2 Å². The lowest BCUT2D eigenvalue weighted by molar-refractivity contribution is -0.0305. The van der Waals surface area contributed by atoms with Gasteiger partial charge in [-0.2, -0.15) is 5.10 Å². The zero-order valence-corrected chi connectivity index (χ0v) is 10.5. The van der Waals surface area contributed by atoms with Crippen molar-refractivity contribution in [3.63, 3.8) is 0 Å². The minimum absolute atomic E-state index is 0.0800. The van der Waals surface area contributed by atoms with Gasteiger partial charge >= 0.3 is 0 Å². The van der Waals surface area contributed by atoms with Crippen LogP contribution >= 0.6 is 0 Å².